The number of carbonyl (C=O) groups is 2. The minimum Gasteiger partial charge on any atom is -0.495 e. The summed E-state index contributed by atoms with van der Waals surface area (Å²) in [7, 11) is 1.40. The fraction of sp³-hybridized carbons (Fsp3) is 0.263. The summed E-state index contributed by atoms with van der Waals surface area (Å²) in [5, 5.41) is 4.76. The monoisotopic (exact) mass is 428 g/mol. The van der Waals surface area contributed by atoms with E-state index >= 15 is 0 Å². The Balaban J connectivity index is 1.89. The molecule has 1 heterocycles. The predicted octanol–water partition coefficient (Wildman–Crippen LogP) is 5.09. The van der Waals surface area contributed by atoms with Crippen LogP contribution in [0.3, 0.4) is 0 Å². The number of cyclic esters (lactones) is 1. The van der Waals surface area contributed by atoms with Gasteiger partial charge in [0.15, 0.2) is 0 Å². The van der Waals surface area contributed by atoms with Crippen LogP contribution in [0.1, 0.15) is 18.4 Å². The Labute approximate surface area is 168 Å². The van der Waals surface area contributed by atoms with Gasteiger partial charge in [0.05, 0.1) is 18.5 Å². The highest BCUT2D eigenvalue weighted by Crippen LogP contribution is 2.50. The van der Waals surface area contributed by atoms with Gasteiger partial charge in [0.2, 0.25) is 11.5 Å². The highest BCUT2D eigenvalue weighted by Gasteiger charge is 2.62. The summed E-state index contributed by atoms with van der Waals surface area (Å²) in [6.07, 6.45) is -7.63. The minimum absolute atomic E-state index is 0.0376. The summed E-state index contributed by atoms with van der Waals surface area (Å²) < 4.78 is 52.1. The first-order valence-corrected chi connectivity index (χ1v) is 8.84. The molecule has 154 valence electrons. The van der Waals surface area contributed by atoms with Gasteiger partial charge in [-0.3, -0.25) is 10.1 Å². The molecule has 1 aliphatic heterocycles. The number of carbonyl (C=O) groups excluding carboxylic acids is 2. The Morgan fingerprint density at radius 3 is 2.69 bits per heavy atom. The molecule has 0 radical (unpaired) electrons. The van der Waals surface area contributed by atoms with Gasteiger partial charge in [0.25, 0.3) is 0 Å². The Bertz CT molecular complexity index is 951. The average molecular weight is 429 g/mol. The summed E-state index contributed by atoms with van der Waals surface area (Å²) in [6, 6.07) is 10.1. The van der Waals surface area contributed by atoms with Crippen molar-refractivity contribution >= 4 is 35.0 Å². The van der Waals surface area contributed by atoms with E-state index in [2.05, 4.69) is 10.6 Å². The maximum atomic E-state index is 14.1. The van der Waals surface area contributed by atoms with Gasteiger partial charge in [-0.1, -0.05) is 23.7 Å². The molecule has 10 heteroatoms. The minimum atomic E-state index is -4.98. The third kappa shape index (κ3) is 4.09. The molecular weight excluding hydrogens is 413 g/mol. The van der Waals surface area contributed by atoms with Gasteiger partial charge >= 0.3 is 12.3 Å². The van der Waals surface area contributed by atoms with Crippen molar-refractivity contribution in [2.75, 3.05) is 17.7 Å². The normalized spacial score (nSPS) is 18.3. The Kier molecular flexibility index (Phi) is 5.61. The third-order valence-corrected chi connectivity index (χ3v) is 4.70. The first-order chi connectivity index (χ1) is 13.7. The lowest BCUT2D eigenvalue weighted by molar-refractivity contribution is -0.267. The number of benzene rings is 2. The molecule has 3 rings (SSSR count). The first kappa shape index (κ1) is 20.8. The van der Waals surface area contributed by atoms with E-state index in [9.17, 15) is 22.8 Å². The molecule has 0 fully saturated rings. The van der Waals surface area contributed by atoms with Crippen molar-refractivity contribution in [1.29, 1.82) is 0 Å². The smallest absolute Gasteiger partial charge is 0.432 e. The fourth-order valence-corrected chi connectivity index (χ4v) is 3.27. The van der Waals surface area contributed by atoms with Crippen molar-refractivity contribution in [3.8, 4) is 5.75 Å². The number of ether oxygens (including phenoxy) is 2. The Morgan fingerprint density at radius 2 is 2.00 bits per heavy atom. The quantitative estimate of drug-likeness (QED) is 0.695. The van der Waals surface area contributed by atoms with Crippen LogP contribution in [0.2, 0.25) is 5.02 Å². The van der Waals surface area contributed by atoms with Crippen LogP contribution in [0.5, 0.6) is 5.75 Å². The zero-order chi connectivity index (χ0) is 21.2. The van der Waals surface area contributed by atoms with Gasteiger partial charge in [0.1, 0.15) is 5.75 Å². The molecule has 0 aromatic heterocycles. The Morgan fingerprint density at radius 1 is 1.28 bits per heavy atom. The van der Waals surface area contributed by atoms with E-state index in [1.54, 1.807) is 24.3 Å². The second-order valence-corrected chi connectivity index (χ2v) is 6.71. The molecule has 2 aromatic carbocycles. The molecule has 2 N–H and O–H groups in total. The van der Waals surface area contributed by atoms with Crippen LogP contribution in [0.4, 0.5) is 29.3 Å². The van der Waals surface area contributed by atoms with Crippen LogP contribution in [-0.4, -0.2) is 25.3 Å². The van der Waals surface area contributed by atoms with Crippen molar-refractivity contribution in [1.82, 2.24) is 0 Å². The summed E-state index contributed by atoms with van der Waals surface area (Å²) in [4.78, 5) is 24.1. The van der Waals surface area contributed by atoms with Crippen LogP contribution in [0, 0.1) is 0 Å². The van der Waals surface area contributed by atoms with Crippen LogP contribution in [0.15, 0.2) is 42.5 Å². The number of nitrogens with one attached hydrogen (secondary N) is 2. The second kappa shape index (κ2) is 7.82. The van der Waals surface area contributed by atoms with E-state index in [0.717, 1.165) is 6.07 Å². The predicted molar refractivity (Wildman–Crippen MR) is 100 cm³/mol. The van der Waals surface area contributed by atoms with E-state index in [-0.39, 0.29) is 16.3 Å². The lowest BCUT2D eigenvalue weighted by Gasteiger charge is -2.39. The van der Waals surface area contributed by atoms with Crippen molar-refractivity contribution < 1.29 is 32.2 Å². The van der Waals surface area contributed by atoms with Crippen molar-refractivity contribution in [2.24, 2.45) is 0 Å². The molecule has 2 amide bonds. The molecule has 2 aromatic rings. The van der Waals surface area contributed by atoms with E-state index in [1.165, 1.54) is 19.2 Å². The van der Waals surface area contributed by atoms with E-state index in [4.69, 9.17) is 21.1 Å². The zero-order valence-electron chi connectivity index (χ0n) is 15.1. The molecule has 0 saturated carbocycles. The van der Waals surface area contributed by atoms with E-state index in [1.807, 2.05) is 0 Å². The number of amides is 2. The van der Waals surface area contributed by atoms with Gasteiger partial charge in [-0.15, -0.1) is 0 Å². The molecule has 0 saturated heterocycles. The number of hydrogen-bond acceptors (Lipinski definition) is 4. The standard InChI is InChI=1S/C19H16ClF3N2O4/c1-28-15-5-3-2-4-14(15)24-16(26)8-9-18(19(21,22)23)12-10-11(20)6-7-13(12)25-17(27)29-18/h2-7,10H,8-9H2,1H3,(H,24,26)(H,25,27). The molecule has 1 aliphatic rings. The number of rotatable bonds is 5. The molecule has 0 aliphatic carbocycles. The number of fused-ring (bicyclic) bond motifs is 1. The lowest BCUT2D eigenvalue weighted by Crippen LogP contribution is -2.50. The largest absolute Gasteiger partial charge is 0.495 e. The zero-order valence-corrected chi connectivity index (χ0v) is 15.9. The summed E-state index contributed by atoms with van der Waals surface area (Å²) in [6.45, 7) is 0. The van der Waals surface area contributed by atoms with Crippen LogP contribution in [-0.2, 0) is 15.1 Å². The highest BCUT2D eigenvalue weighted by atomic mass is 35.5. The van der Waals surface area contributed by atoms with Crippen molar-refractivity contribution in [3.05, 3.63) is 53.1 Å². The Hall–Kier alpha value is -2.94. The van der Waals surface area contributed by atoms with Crippen LogP contribution < -0.4 is 15.4 Å². The fourth-order valence-electron chi connectivity index (χ4n) is 3.10. The van der Waals surface area contributed by atoms with Gasteiger partial charge in [-0.05, 0) is 30.3 Å². The number of para-hydroxylation sites is 2. The maximum absolute atomic E-state index is 14.1. The summed E-state index contributed by atoms with van der Waals surface area (Å²) in [5.74, 6) is -0.340. The second-order valence-electron chi connectivity index (χ2n) is 6.28. The lowest BCUT2D eigenvalue weighted by atomic mass is 9.85. The van der Waals surface area contributed by atoms with E-state index < -0.39 is 36.6 Å². The number of hydrogen-bond donors (Lipinski definition) is 2. The third-order valence-electron chi connectivity index (χ3n) is 4.46. The van der Waals surface area contributed by atoms with Crippen molar-refractivity contribution in [3.63, 3.8) is 0 Å². The van der Waals surface area contributed by atoms with Gasteiger partial charge in [-0.25, -0.2) is 4.79 Å². The van der Waals surface area contributed by atoms with Gasteiger partial charge in [0, 0.05) is 23.4 Å². The molecule has 1 unspecified atom stereocenters. The number of anilines is 2. The van der Waals surface area contributed by atoms with Gasteiger partial charge < -0.3 is 14.8 Å². The van der Waals surface area contributed by atoms with Crippen LogP contribution in [0.25, 0.3) is 0 Å². The van der Waals surface area contributed by atoms with Crippen LogP contribution >= 0.6 is 11.6 Å². The van der Waals surface area contributed by atoms with Gasteiger partial charge in [-0.2, -0.15) is 13.2 Å². The highest BCUT2D eigenvalue weighted by molar-refractivity contribution is 6.30. The maximum Gasteiger partial charge on any atom is 0.432 e. The first-order valence-electron chi connectivity index (χ1n) is 8.46. The average Bonchev–Trinajstić information content (AvgIpc) is 2.66. The number of methoxy groups -OCH3 is 1. The SMILES string of the molecule is COc1ccccc1NC(=O)CCC1(C(F)(F)F)OC(=O)Nc2ccc(Cl)cc21. The molecular formula is C19H16ClF3N2O4. The number of halogens is 4. The summed E-state index contributed by atoms with van der Waals surface area (Å²) in [5.41, 5.74) is -3.13. The molecule has 0 bridgehead atoms. The number of alkyl halides is 3. The summed E-state index contributed by atoms with van der Waals surface area (Å²) >= 11 is 5.87. The molecule has 0 spiro atoms. The van der Waals surface area contributed by atoms with E-state index in [0.29, 0.717) is 11.4 Å². The molecule has 29 heavy (non-hydrogen) atoms. The topological polar surface area (TPSA) is 76.7 Å². The molecule has 6 nitrogen and oxygen atoms in total. The van der Waals surface area contributed by atoms with Crippen molar-refractivity contribution in [2.45, 2.75) is 24.6 Å². The molecule has 1 atom stereocenters.